The molecule has 1 aliphatic rings. The Hall–Kier alpha value is -1.24. The predicted molar refractivity (Wildman–Crippen MR) is 71.0 cm³/mol. The first-order valence-corrected chi connectivity index (χ1v) is 6.10. The minimum absolute atomic E-state index is 0.496. The Morgan fingerprint density at radius 2 is 1.88 bits per heavy atom. The molecule has 0 N–H and O–H groups in total. The Morgan fingerprint density at radius 1 is 1.19 bits per heavy atom. The van der Waals surface area contributed by atoms with Gasteiger partial charge in [0, 0.05) is 23.8 Å². The summed E-state index contributed by atoms with van der Waals surface area (Å²) in [5.41, 5.74) is 5.43. The van der Waals surface area contributed by atoms with Crippen molar-refractivity contribution < 1.29 is 0 Å². The fourth-order valence-electron chi connectivity index (χ4n) is 2.43. The normalized spacial score (nSPS) is 15.1. The third-order valence-electron chi connectivity index (χ3n) is 3.29. The Kier molecular flexibility index (Phi) is 2.79. The molecule has 2 rings (SSSR count). The number of nitrogens with zero attached hydrogens (tertiary/aromatic N) is 1. The Bertz CT molecular complexity index is 415. The maximum absolute atomic E-state index is 4.17. The second-order valence-corrected chi connectivity index (χ2v) is 5.25. The zero-order valence-electron chi connectivity index (χ0n) is 10.7. The van der Waals surface area contributed by atoms with Crippen LogP contribution in [0.2, 0.25) is 0 Å². The summed E-state index contributed by atoms with van der Waals surface area (Å²) in [5, 5.41) is 0. The van der Waals surface area contributed by atoms with Crippen LogP contribution in [0.15, 0.2) is 30.5 Å². The van der Waals surface area contributed by atoms with E-state index in [9.17, 15) is 0 Å². The summed E-state index contributed by atoms with van der Waals surface area (Å²) >= 11 is 0. The highest BCUT2D eigenvalue weighted by atomic mass is 15.2. The first-order valence-electron chi connectivity index (χ1n) is 6.10. The molecule has 0 saturated heterocycles. The molecule has 1 aliphatic heterocycles. The standard InChI is InChI=1S/C15H21N/c1-10(2)13-6-7-14-8-12(5)16(11(3)4)15(14)9-13/h6-7,9-11H,5,8H2,1-4H3. The fraction of sp³-hybridized carbons (Fsp3) is 0.467. The van der Waals surface area contributed by atoms with Gasteiger partial charge in [-0.1, -0.05) is 32.6 Å². The summed E-state index contributed by atoms with van der Waals surface area (Å²) in [7, 11) is 0. The van der Waals surface area contributed by atoms with Crippen molar-refractivity contribution in [2.24, 2.45) is 0 Å². The summed E-state index contributed by atoms with van der Waals surface area (Å²) in [6, 6.07) is 7.34. The first kappa shape index (κ1) is 11.3. The van der Waals surface area contributed by atoms with Crippen LogP contribution in [-0.4, -0.2) is 6.04 Å². The van der Waals surface area contributed by atoms with E-state index in [1.807, 2.05) is 0 Å². The molecular weight excluding hydrogens is 194 g/mol. The summed E-state index contributed by atoms with van der Waals surface area (Å²) in [6.45, 7) is 13.1. The summed E-state index contributed by atoms with van der Waals surface area (Å²) < 4.78 is 0. The molecule has 1 aromatic carbocycles. The highest BCUT2D eigenvalue weighted by Crippen LogP contribution is 2.37. The lowest BCUT2D eigenvalue weighted by Crippen LogP contribution is -2.26. The average molecular weight is 215 g/mol. The Balaban J connectivity index is 2.46. The van der Waals surface area contributed by atoms with Gasteiger partial charge in [0.25, 0.3) is 0 Å². The van der Waals surface area contributed by atoms with E-state index in [1.165, 1.54) is 22.5 Å². The molecule has 1 nitrogen and oxygen atoms in total. The summed E-state index contributed by atoms with van der Waals surface area (Å²) in [5.74, 6) is 0.591. The number of hydrogen-bond acceptors (Lipinski definition) is 1. The van der Waals surface area contributed by atoms with E-state index in [4.69, 9.17) is 0 Å². The van der Waals surface area contributed by atoms with Crippen molar-refractivity contribution in [3.63, 3.8) is 0 Å². The van der Waals surface area contributed by atoms with Gasteiger partial charge in [0.15, 0.2) is 0 Å². The van der Waals surface area contributed by atoms with E-state index in [0.717, 1.165) is 6.42 Å². The van der Waals surface area contributed by atoms with E-state index in [-0.39, 0.29) is 0 Å². The van der Waals surface area contributed by atoms with Crippen molar-refractivity contribution in [3.8, 4) is 0 Å². The van der Waals surface area contributed by atoms with Gasteiger partial charge in [-0.15, -0.1) is 0 Å². The molecular formula is C15H21N. The molecule has 0 atom stereocenters. The molecule has 1 heterocycles. The van der Waals surface area contributed by atoms with Crippen molar-refractivity contribution in [2.75, 3.05) is 4.90 Å². The van der Waals surface area contributed by atoms with E-state index < -0.39 is 0 Å². The van der Waals surface area contributed by atoms with Crippen LogP contribution in [0, 0.1) is 0 Å². The van der Waals surface area contributed by atoms with Crippen LogP contribution < -0.4 is 4.90 Å². The van der Waals surface area contributed by atoms with Crippen molar-refractivity contribution in [1.29, 1.82) is 0 Å². The van der Waals surface area contributed by atoms with E-state index >= 15 is 0 Å². The molecule has 1 aromatic rings. The second-order valence-electron chi connectivity index (χ2n) is 5.25. The zero-order chi connectivity index (χ0) is 11.9. The van der Waals surface area contributed by atoms with Crippen LogP contribution >= 0.6 is 0 Å². The lowest BCUT2D eigenvalue weighted by atomic mass is 10.0. The van der Waals surface area contributed by atoms with Gasteiger partial charge in [-0.25, -0.2) is 0 Å². The van der Waals surface area contributed by atoms with E-state index in [0.29, 0.717) is 12.0 Å². The average Bonchev–Trinajstić information content (AvgIpc) is 2.51. The van der Waals surface area contributed by atoms with Crippen molar-refractivity contribution in [2.45, 2.75) is 46.1 Å². The third kappa shape index (κ3) is 1.75. The van der Waals surface area contributed by atoms with Crippen molar-refractivity contribution in [3.05, 3.63) is 41.6 Å². The smallest absolute Gasteiger partial charge is 0.0449 e. The van der Waals surface area contributed by atoms with Crippen LogP contribution in [0.4, 0.5) is 5.69 Å². The quantitative estimate of drug-likeness (QED) is 0.718. The Morgan fingerprint density at radius 3 is 2.44 bits per heavy atom. The summed E-state index contributed by atoms with van der Waals surface area (Å²) in [4.78, 5) is 2.36. The molecule has 0 aromatic heterocycles. The van der Waals surface area contributed by atoms with E-state index in [1.54, 1.807) is 0 Å². The van der Waals surface area contributed by atoms with Gasteiger partial charge in [0.05, 0.1) is 0 Å². The number of anilines is 1. The molecule has 0 radical (unpaired) electrons. The molecule has 0 saturated carbocycles. The van der Waals surface area contributed by atoms with Gasteiger partial charge in [-0.2, -0.15) is 0 Å². The molecule has 0 amide bonds. The van der Waals surface area contributed by atoms with Gasteiger partial charge >= 0.3 is 0 Å². The van der Waals surface area contributed by atoms with Gasteiger partial charge < -0.3 is 4.90 Å². The largest absolute Gasteiger partial charge is 0.343 e. The van der Waals surface area contributed by atoms with Crippen LogP contribution in [0.5, 0.6) is 0 Å². The van der Waals surface area contributed by atoms with Gasteiger partial charge in [0.1, 0.15) is 0 Å². The molecule has 0 aliphatic carbocycles. The van der Waals surface area contributed by atoms with Crippen molar-refractivity contribution >= 4 is 5.69 Å². The first-order chi connectivity index (χ1) is 7.50. The molecule has 0 spiro atoms. The molecule has 0 bridgehead atoms. The van der Waals surface area contributed by atoms with Crippen LogP contribution in [-0.2, 0) is 6.42 Å². The Labute approximate surface area is 98.8 Å². The van der Waals surface area contributed by atoms with Crippen LogP contribution in [0.25, 0.3) is 0 Å². The van der Waals surface area contributed by atoms with Crippen molar-refractivity contribution in [1.82, 2.24) is 0 Å². The molecule has 1 heteroatoms. The van der Waals surface area contributed by atoms with Crippen LogP contribution in [0.3, 0.4) is 0 Å². The van der Waals surface area contributed by atoms with Gasteiger partial charge in [0.2, 0.25) is 0 Å². The minimum atomic E-state index is 0.496. The molecule has 16 heavy (non-hydrogen) atoms. The lowest BCUT2D eigenvalue weighted by Gasteiger charge is -2.26. The van der Waals surface area contributed by atoms with Crippen LogP contribution in [0.1, 0.15) is 44.7 Å². The summed E-state index contributed by atoms with van der Waals surface area (Å²) in [6.07, 6.45) is 1.01. The van der Waals surface area contributed by atoms with Gasteiger partial charge in [-0.05, 0) is 37.0 Å². The lowest BCUT2D eigenvalue weighted by molar-refractivity contribution is 0.762. The maximum atomic E-state index is 4.17. The third-order valence-corrected chi connectivity index (χ3v) is 3.29. The number of allylic oxidation sites excluding steroid dienone is 1. The zero-order valence-corrected chi connectivity index (χ0v) is 10.7. The molecule has 86 valence electrons. The van der Waals surface area contributed by atoms with Gasteiger partial charge in [-0.3, -0.25) is 0 Å². The minimum Gasteiger partial charge on any atom is -0.343 e. The fourth-order valence-corrected chi connectivity index (χ4v) is 2.43. The number of rotatable bonds is 2. The van der Waals surface area contributed by atoms with E-state index in [2.05, 4.69) is 57.4 Å². The molecule has 0 unspecified atom stereocenters. The number of benzene rings is 1. The monoisotopic (exact) mass is 215 g/mol. The number of hydrogen-bond donors (Lipinski definition) is 0. The second kappa shape index (κ2) is 3.97. The maximum Gasteiger partial charge on any atom is 0.0449 e. The highest BCUT2D eigenvalue weighted by molar-refractivity contribution is 5.66. The predicted octanol–water partition coefficient (Wildman–Crippen LogP) is 4.09. The molecule has 0 fully saturated rings. The number of fused-ring (bicyclic) bond motifs is 1. The highest BCUT2D eigenvalue weighted by Gasteiger charge is 2.24. The topological polar surface area (TPSA) is 3.24 Å². The SMILES string of the molecule is C=C1Cc2ccc(C(C)C)cc2N1C(C)C.